The van der Waals surface area contributed by atoms with Gasteiger partial charge in [-0.2, -0.15) is 9.78 Å². The summed E-state index contributed by atoms with van der Waals surface area (Å²) >= 11 is 0. The number of fused-ring (bicyclic) bond motifs is 2. The van der Waals surface area contributed by atoms with Crippen molar-refractivity contribution in [1.82, 2.24) is 30.4 Å². The zero-order chi connectivity index (χ0) is 23.1. The Kier molecular flexibility index (Phi) is 4.81. The maximum Gasteiger partial charge on any atom is 0.288 e. The number of anilines is 2. The summed E-state index contributed by atoms with van der Waals surface area (Å²) in [5.74, 6) is 1.60. The highest BCUT2D eigenvalue weighted by molar-refractivity contribution is 5.76. The van der Waals surface area contributed by atoms with Gasteiger partial charge in [-0.3, -0.25) is 4.79 Å². The van der Waals surface area contributed by atoms with E-state index in [4.69, 9.17) is 14.2 Å². The first-order chi connectivity index (χ1) is 16.0. The summed E-state index contributed by atoms with van der Waals surface area (Å²) in [6, 6.07) is 9.58. The van der Waals surface area contributed by atoms with Crippen molar-refractivity contribution < 1.29 is 19.3 Å². The molecule has 1 atom stereocenters. The summed E-state index contributed by atoms with van der Waals surface area (Å²) < 4.78 is 17.6. The lowest BCUT2D eigenvalue weighted by atomic mass is 9.92. The molecule has 33 heavy (non-hydrogen) atoms. The second-order valence-corrected chi connectivity index (χ2v) is 7.17. The summed E-state index contributed by atoms with van der Waals surface area (Å²) in [6.45, 7) is 0. The maximum absolute atomic E-state index is 12.8. The van der Waals surface area contributed by atoms with Crippen LogP contribution in [0.15, 0.2) is 41.2 Å². The van der Waals surface area contributed by atoms with Crippen LogP contribution >= 0.6 is 0 Å². The van der Waals surface area contributed by atoms with E-state index in [0.717, 1.165) is 0 Å². The highest BCUT2D eigenvalue weighted by Gasteiger charge is 2.35. The molecule has 0 spiro atoms. The van der Waals surface area contributed by atoms with E-state index >= 15 is 0 Å². The number of benzene rings is 2. The van der Waals surface area contributed by atoms with Crippen molar-refractivity contribution in [3.8, 4) is 34.3 Å². The molecule has 4 aromatic rings. The third-order valence-corrected chi connectivity index (χ3v) is 5.44. The molecule has 0 bridgehead atoms. The van der Waals surface area contributed by atoms with E-state index in [-0.39, 0.29) is 23.1 Å². The van der Waals surface area contributed by atoms with Crippen molar-refractivity contribution in [3.05, 3.63) is 57.9 Å². The fraction of sp³-hybridized carbons (Fsp3) is 0.190. The first kappa shape index (κ1) is 20.3. The van der Waals surface area contributed by atoms with Gasteiger partial charge in [-0.05, 0) is 46.3 Å². The number of phenols is 1. The van der Waals surface area contributed by atoms with Crippen LogP contribution in [0.2, 0.25) is 0 Å². The van der Waals surface area contributed by atoms with E-state index in [2.05, 4.69) is 31.0 Å². The molecule has 12 heteroatoms. The van der Waals surface area contributed by atoms with Crippen LogP contribution in [0.3, 0.4) is 0 Å². The number of aromatic nitrogens is 6. The van der Waals surface area contributed by atoms with E-state index in [0.29, 0.717) is 33.9 Å². The molecule has 0 aliphatic carbocycles. The van der Waals surface area contributed by atoms with Crippen LogP contribution in [0.4, 0.5) is 11.6 Å². The second-order valence-electron chi connectivity index (χ2n) is 7.17. The van der Waals surface area contributed by atoms with E-state index < -0.39 is 11.6 Å². The molecular formula is C21H19N7O5. The van der Waals surface area contributed by atoms with Crippen molar-refractivity contribution in [2.75, 3.05) is 26.6 Å². The minimum atomic E-state index is -0.640. The number of methoxy groups -OCH3 is 3. The van der Waals surface area contributed by atoms with Gasteiger partial charge in [0, 0.05) is 11.1 Å². The van der Waals surface area contributed by atoms with Gasteiger partial charge in [-0.1, -0.05) is 11.2 Å². The average molecular weight is 449 g/mol. The number of phenolic OH excluding ortho intramolecular Hbond substituents is 1. The molecule has 1 aliphatic rings. The molecule has 3 heterocycles. The van der Waals surface area contributed by atoms with Crippen LogP contribution < -0.4 is 25.1 Å². The number of tetrazole rings is 1. The van der Waals surface area contributed by atoms with Gasteiger partial charge >= 0.3 is 0 Å². The van der Waals surface area contributed by atoms with Gasteiger partial charge in [0.05, 0.1) is 27.0 Å². The molecular weight excluding hydrogens is 430 g/mol. The molecule has 0 saturated carbocycles. The third kappa shape index (κ3) is 3.19. The molecule has 12 nitrogen and oxygen atoms in total. The number of aromatic amines is 1. The summed E-state index contributed by atoms with van der Waals surface area (Å²) in [4.78, 5) is 12.8. The van der Waals surface area contributed by atoms with Crippen molar-refractivity contribution in [2.24, 2.45) is 0 Å². The molecule has 2 aromatic carbocycles. The Bertz CT molecular complexity index is 1410. The van der Waals surface area contributed by atoms with E-state index in [1.807, 2.05) is 6.07 Å². The van der Waals surface area contributed by atoms with Gasteiger partial charge in [0.1, 0.15) is 11.7 Å². The highest BCUT2D eigenvalue weighted by Crippen LogP contribution is 2.43. The number of hydrogen-bond donors (Lipinski definition) is 3. The van der Waals surface area contributed by atoms with Gasteiger partial charge in [0.25, 0.3) is 5.56 Å². The minimum Gasteiger partial charge on any atom is -0.504 e. The number of hydrogen-bond acceptors (Lipinski definition) is 10. The van der Waals surface area contributed by atoms with Crippen LogP contribution in [-0.4, -0.2) is 56.8 Å². The van der Waals surface area contributed by atoms with Gasteiger partial charge in [-0.25, -0.2) is 5.10 Å². The predicted octanol–water partition coefficient (Wildman–Crippen LogP) is 1.85. The molecule has 0 unspecified atom stereocenters. The zero-order valence-corrected chi connectivity index (χ0v) is 17.9. The van der Waals surface area contributed by atoms with Crippen molar-refractivity contribution in [2.45, 2.75) is 6.04 Å². The Morgan fingerprint density at radius 3 is 2.55 bits per heavy atom. The Morgan fingerprint density at radius 1 is 1.00 bits per heavy atom. The number of rotatable bonds is 5. The molecule has 0 amide bonds. The lowest BCUT2D eigenvalue weighted by molar-refractivity contribution is 0.355. The Balaban J connectivity index is 1.79. The topological polar surface area (TPSA) is 149 Å². The minimum absolute atomic E-state index is 0.0171. The van der Waals surface area contributed by atoms with Crippen molar-refractivity contribution in [3.63, 3.8) is 0 Å². The van der Waals surface area contributed by atoms with E-state index in [1.54, 1.807) is 36.1 Å². The Hall–Kier alpha value is -4.61. The van der Waals surface area contributed by atoms with Crippen LogP contribution in [0.1, 0.15) is 17.2 Å². The molecule has 2 aromatic heterocycles. The lowest BCUT2D eigenvalue weighted by Gasteiger charge is -2.28. The van der Waals surface area contributed by atoms with Crippen molar-refractivity contribution >= 4 is 11.6 Å². The zero-order valence-electron chi connectivity index (χ0n) is 17.9. The first-order valence-corrected chi connectivity index (χ1v) is 9.82. The SMILES string of the molecule is COc1cc([C@H]2c3c(-c4ccc(OC)c(OC)c4)n[nH]c(=O)c3Nc3nnnn32)ccc1O. The third-order valence-electron chi connectivity index (χ3n) is 5.44. The number of ether oxygens (including phenoxy) is 3. The quantitative estimate of drug-likeness (QED) is 0.363. The highest BCUT2D eigenvalue weighted by atomic mass is 16.5. The number of H-pyrrole nitrogens is 1. The van der Waals surface area contributed by atoms with Gasteiger partial charge in [-0.15, -0.1) is 0 Å². The number of aromatic hydroxyl groups is 1. The Morgan fingerprint density at radius 2 is 1.79 bits per heavy atom. The lowest BCUT2D eigenvalue weighted by Crippen LogP contribution is -2.29. The molecule has 5 rings (SSSR count). The summed E-state index contributed by atoms with van der Waals surface area (Å²) in [6.07, 6.45) is 0. The first-order valence-electron chi connectivity index (χ1n) is 9.82. The normalized spacial score (nSPS) is 14.1. The van der Waals surface area contributed by atoms with E-state index in [9.17, 15) is 9.90 Å². The fourth-order valence-corrected chi connectivity index (χ4v) is 3.91. The van der Waals surface area contributed by atoms with E-state index in [1.165, 1.54) is 20.3 Å². The van der Waals surface area contributed by atoms with Gasteiger partial charge in [0.15, 0.2) is 23.0 Å². The fourth-order valence-electron chi connectivity index (χ4n) is 3.91. The van der Waals surface area contributed by atoms with Crippen LogP contribution in [-0.2, 0) is 0 Å². The summed E-state index contributed by atoms with van der Waals surface area (Å²) in [5, 5.41) is 31.8. The van der Waals surface area contributed by atoms with Gasteiger partial charge < -0.3 is 24.6 Å². The predicted molar refractivity (Wildman–Crippen MR) is 116 cm³/mol. The number of nitrogens with zero attached hydrogens (tertiary/aromatic N) is 5. The smallest absolute Gasteiger partial charge is 0.288 e. The molecule has 0 saturated heterocycles. The van der Waals surface area contributed by atoms with Crippen LogP contribution in [0.5, 0.6) is 23.0 Å². The van der Waals surface area contributed by atoms with Crippen LogP contribution in [0.25, 0.3) is 11.3 Å². The molecule has 0 fully saturated rings. The molecule has 3 N–H and O–H groups in total. The standard InChI is InChI=1S/C21H19N7O5/c1-31-13-7-5-10(8-15(13)33-3)17-16-18(20(30)24-23-17)22-21-25-26-27-28(21)19(16)11-4-6-12(29)14(9-11)32-2/h4-9,19,29H,1-3H3,(H,24,30)(H,22,25,27)/t19-/m0/s1. The van der Waals surface area contributed by atoms with Crippen LogP contribution in [0, 0.1) is 0 Å². The molecule has 168 valence electrons. The monoisotopic (exact) mass is 449 g/mol. The second kappa shape index (κ2) is 7.82. The Labute approximate surface area is 186 Å². The summed E-state index contributed by atoms with van der Waals surface area (Å²) in [7, 11) is 4.55. The largest absolute Gasteiger partial charge is 0.504 e. The summed E-state index contributed by atoms with van der Waals surface area (Å²) in [5.41, 5.74) is 2.20. The molecule has 0 radical (unpaired) electrons. The maximum atomic E-state index is 12.8. The average Bonchev–Trinajstić information content (AvgIpc) is 3.31. The van der Waals surface area contributed by atoms with Gasteiger partial charge in [0.2, 0.25) is 5.95 Å². The van der Waals surface area contributed by atoms with Crippen molar-refractivity contribution in [1.29, 1.82) is 0 Å². The number of nitrogens with one attached hydrogen (secondary N) is 2. The molecule has 1 aliphatic heterocycles.